The van der Waals surface area contributed by atoms with Crippen LogP contribution < -0.4 is 11.3 Å². The summed E-state index contributed by atoms with van der Waals surface area (Å²) in [7, 11) is 0. The van der Waals surface area contributed by atoms with Crippen molar-refractivity contribution < 1.29 is 8.78 Å². The summed E-state index contributed by atoms with van der Waals surface area (Å²) in [5, 5.41) is 0. The molecule has 0 saturated carbocycles. The smallest absolute Gasteiger partial charge is 0.143 e. The first-order chi connectivity index (χ1) is 9.61. The lowest BCUT2D eigenvalue weighted by Crippen LogP contribution is -2.39. The zero-order valence-corrected chi connectivity index (χ0v) is 13.6. The molecule has 0 amide bonds. The van der Waals surface area contributed by atoms with Gasteiger partial charge in [-0.1, -0.05) is 0 Å². The summed E-state index contributed by atoms with van der Waals surface area (Å²) in [5.41, 5.74) is 2.82. The average molecular weight is 365 g/mol. The summed E-state index contributed by atoms with van der Waals surface area (Å²) in [6, 6.07) is 2.58. The molecule has 0 bridgehead atoms. The van der Waals surface area contributed by atoms with Crippen LogP contribution in [0.4, 0.5) is 8.78 Å². The van der Waals surface area contributed by atoms with Crippen LogP contribution in [-0.4, -0.2) is 17.5 Å². The van der Waals surface area contributed by atoms with Crippen LogP contribution >= 0.6 is 27.7 Å². The fraction of sp³-hybridized carbons (Fsp3) is 0.571. The number of hydrogen-bond donors (Lipinski definition) is 2. The Labute approximate surface area is 131 Å². The van der Waals surface area contributed by atoms with Crippen LogP contribution in [0.2, 0.25) is 0 Å². The van der Waals surface area contributed by atoms with Gasteiger partial charge in [0.15, 0.2) is 0 Å². The minimum Gasteiger partial charge on any atom is -0.271 e. The summed E-state index contributed by atoms with van der Waals surface area (Å²) in [6.07, 6.45) is 3.46. The van der Waals surface area contributed by atoms with Gasteiger partial charge in [0.05, 0.1) is 4.47 Å². The highest BCUT2D eigenvalue weighted by molar-refractivity contribution is 9.10. The van der Waals surface area contributed by atoms with E-state index in [-0.39, 0.29) is 18.0 Å². The van der Waals surface area contributed by atoms with Gasteiger partial charge in [-0.05, 0) is 71.2 Å². The maximum Gasteiger partial charge on any atom is 0.143 e. The summed E-state index contributed by atoms with van der Waals surface area (Å²) >= 11 is 5.06. The molecular weight excluding hydrogens is 346 g/mol. The molecule has 2 rings (SSSR count). The van der Waals surface area contributed by atoms with Crippen LogP contribution in [0.5, 0.6) is 0 Å². The van der Waals surface area contributed by atoms with Gasteiger partial charge < -0.3 is 0 Å². The van der Waals surface area contributed by atoms with E-state index in [1.807, 2.05) is 11.8 Å². The van der Waals surface area contributed by atoms with Crippen molar-refractivity contribution in [2.75, 3.05) is 11.5 Å². The standard InChI is InChI=1S/C14H19BrF2N2S/c15-12-1-2-13(16)11(14(12)17)8-10(19-18)7-9-3-5-20-6-4-9/h1-2,9-10,19H,3-8,18H2. The topological polar surface area (TPSA) is 38.0 Å². The second-order valence-corrected chi connectivity index (χ2v) is 7.26. The highest BCUT2D eigenvalue weighted by Crippen LogP contribution is 2.28. The molecule has 0 radical (unpaired) electrons. The second-order valence-electron chi connectivity index (χ2n) is 5.18. The molecular formula is C14H19BrF2N2S. The van der Waals surface area contributed by atoms with E-state index in [1.54, 1.807) is 0 Å². The highest BCUT2D eigenvalue weighted by Gasteiger charge is 2.22. The van der Waals surface area contributed by atoms with Crippen molar-refractivity contribution in [3.63, 3.8) is 0 Å². The summed E-state index contributed by atoms with van der Waals surface area (Å²) < 4.78 is 28.0. The van der Waals surface area contributed by atoms with Crippen molar-refractivity contribution in [1.29, 1.82) is 0 Å². The van der Waals surface area contributed by atoms with Crippen LogP contribution in [0.3, 0.4) is 0 Å². The molecule has 0 aliphatic carbocycles. The molecule has 0 spiro atoms. The van der Waals surface area contributed by atoms with E-state index in [4.69, 9.17) is 5.84 Å². The van der Waals surface area contributed by atoms with Crippen molar-refractivity contribution >= 4 is 27.7 Å². The molecule has 1 aliphatic rings. The van der Waals surface area contributed by atoms with E-state index >= 15 is 0 Å². The Morgan fingerprint density at radius 2 is 2.05 bits per heavy atom. The molecule has 1 aromatic rings. The molecule has 1 atom stereocenters. The molecule has 1 unspecified atom stereocenters. The average Bonchev–Trinajstić information content (AvgIpc) is 2.47. The number of nitrogens with two attached hydrogens (primary N) is 1. The van der Waals surface area contributed by atoms with Crippen molar-refractivity contribution in [3.8, 4) is 0 Å². The molecule has 112 valence electrons. The van der Waals surface area contributed by atoms with Gasteiger partial charge in [0.25, 0.3) is 0 Å². The van der Waals surface area contributed by atoms with Crippen LogP contribution in [-0.2, 0) is 6.42 Å². The number of hydrogen-bond acceptors (Lipinski definition) is 3. The minimum absolute atomic E-state index is 0.0959. The van der Waals surface area contributed by atoms with Crippen molar-refractivity contribution in [3.05, 3.63) is 33.8 Å². The van der Waals surface area contributed by atoms with Gasteiger partial charge in [0.2, 0.25) is 0 Å². The van der Waals surface area contributed by atoms with Gasteiger partial charge in [-0.15, -0.1) is 0 Å². The lowest BCUT2D eigenvalue weighted by Gasteiger charge is -2.26. The quantitative estimate of drug-likeness (QED) is 0.475. The molecule has 1 fully saturated rings. The van der Waals surface area contributed by atoms with Crippen LogP contribution in [0.15, 0.2) is 16.6 Å². The zero-order valence-electron chi connectivity index (χ0n) is 11.2. The number of halogens is 3. The van der Waals surface area contributed by atoms with Crippen molar-refractivity contribution in [2.24, 2.45) is 11.8 Å². The largest absolute Gasteiger partial charge is 0.271 e. The maximum atomic E-state index is 14.0. The molecule has 1 heterocycles. The molecule has 1 aliphatic heterocycles. The fourth-order valence-electron chi connectivity index (χ4n) is 2.60. The second kappa shape index (κ2) is 7.73. The number of thioether (sulfide) groups is 1. The molecule has 6 heteroatoms. The minimum atomic E-state index is -0.524. The van der Waals surface area contributed by atoms with E-state index in [0.717, 1.165) is 19.3 Å². The Morgan fingerprint density at radius 3 is 2.70 bits per heavy atom. The Hall–Kier alpha value is -0.170. The van der Waals surface area contributed by atoms with E-state index in [9.17, 15) is 8.78 Å². The van der Waals surface area contributed by atoms with Gasteiger partial charge in [0, 0.05) is 11.6 Å². The first-order valence-corrected chi connectivity index (χ1v) is 8.72. The van der Waals surface area contributed by atoms with Gasteiger partial charge >= 0.3 is 0 Å². The normalized spacial score (nSPS) is 18.2. The molecule has 0 aromatic heterocycles. The Morgan fingerprint density at radius 1 is 1.35 bits per heavy atom. The Bertz CT molecular complexity index is 453. The lowest BCUT2D eigenvalue weighted by atomic mass is 9.91. The van der Waals surface area contributed by atoms with E-state index < -0.39 is 11.6 Å². The Kier molecular flexibility index (Phi) is 6.26. The predicted molar refractivity (Wildman–Crippen MR) is 83.5 cm³/mol. The first-order valence-electron chi connectivity index (χ1n) is 6.78. The fourth-order valence-corrected chi connectivity index (χ4v) is 4.17. The van der Waals surface area contributed by atoms with E-state index in [2.05, 4.69) is 21.4 Å². The summed E-state index contributed by atoms with van der Waals surface area (Å²) in [6.45, 7) is 0. The number of nitrogens with one attached hydrogen (secondary N) is 1. The monoisotopic (exact) mass is 364 g/mol. The van der Waals surface area contributed by atoms with E-state index in [0.29, 0.717) is 10.4 Å². The Balaban J connectivity index is 2.04. The number of rotatable bonds is 5. The van der Waals surface area contributed by atoms with Crippen molar-refractivity contribution in [2.45, 2.75) is 31.7 Å². The zero-order chi connectivity index (χ0) is 14.5. The third-order valence-electron chi connectivity index (χ3n) is 3.78. The lowest BCUT2D eigenvalue weighted by molar-refractivity contribution is 0.360. The number of benzene rings is 1. The molecule has 3 N–H and O–H groups in total. The van der Waals surface area contributed by atoms with Gasteiger partial charge in [-0.3, -0.25) is 11.3 Å². The third-order valence-corrected chi connectivity index (χ3v) is 5.45. The molecule has 1 aromatic carbocycles. The van der Waals surface area contributed by atoms with Gasteiger partial charge in [0.1, 0.15) is 11.6 Å². The highest BCUT2D eigenvalue weighted by atomic mass is 79.9. The predicted octanol–water partition coefficient (Wildman–Crippen LogP) is 3.64. The molecule has 20 heavy (non-hydrogen) atoms. The third kappa shape index (κ3) is 4.16. The van der Waals surface area contributed by atoms with Crippen LogP contribution in [0, 0.1) is 17.6 Å². The number of hydrazine groups is 1. The summed E-state index contributed by atoms with van der Waals surface area (Å²) in [5.74, 6) is 7.46. The molecule has 1 saturated heterocycles. The van der Waals surface area contributed by atoms with E-state index in [1.165, 1.54) is 23.6 Å². The van der Waals surface area contributed by atoms with Crippen LogP contribution in [0.25, 0.3) is 0 Å². The molecule has 2 nitrogen and oxygen atoms in total. The first kappa shape index (κ1) is 16.2. The van der Waals surface area contributed by atoms with Gasteiger partial charge in [-0.2, -0.15) is 11.8 Å². The SMILES string of the molecule is NNC(Cc1c(F)ccc(Br)c1F)CC1CCSCC1. The van der Waals surface area contributed by atoms with Crippen LogP contribution in [0.1, 0.15) is 24.8 Å². The summed E-state index contributed by atoms with van der Waals surface area (Å²) in [4.78, 5) is 0. The van der Waals surface area contributed by atoms with Crippen molar-refractivity contribution in [1.82, 2.24) is 5.43 Å². The maximum absolute atomic E-state index is 14.0. The van der Waals surface area contributed by atoms with Gasteiger partial charge in [-0.25, -0.2) is 8.78 Å².